The van der Waals surface area contributed by atoms with Gasteiger partial charge >= 0.3 is 6.09 Å². The van der Waals surface area contributed by atoms with Crippen molar-refractivity contribution in [2.24, 2.45) is 11.7 Å². The molecule has 7 nitrogen and oxygen atoms in total. The summed E-state index contributed by atoms with van der Waals surface area (Å²) in [6, 6.07) is 7.98. The molecular formula is C20H30N4O3. The number of nitrogens with zero attached hydrogens (tertiary/aromatic N) is 3. The monoisotopic (exact) mass is 374 g/mol. The molecule has 148 valence electrons. The molecule has 2 fully saturated rings. The van der Waals surface area contributed by atoms with E-state index in [-0.39, 0.29) is 17.9 Å². The van der Waals surface area contributed by atoms with Crippen LogP contribution in [0.5, 0.6) is 0 Å². The summed E-state index contributed by atoms with van der Waals surface area (Å²) in [6.45, 7) is 9.43. The van der Waals surface area contributed by atoms with E-state index in [9.17, 15) is 9.59 Å². The molecule has 2 saturated heterocycles. The highest BCUT2D eigenvalue weighted by atomic mass is 16.6. The van der Waals surface area contributed by atoms with Gasteiger partial charge in [0.25, 0.3) is 0 Å². The van der Waals surface area contributed by atoms with Gasteiger partial charge < -0.3 is 25.2 Å². The third-order valence-corrected chi connectivity index (χ3v) is 4.98. The van der Waals surface area contributed by atoms with Crippen LogP contribution < -0.4 is 15.5 Å². The molecule has 0 saturated carbocycles. The normalized spacial score (nSPS) is 21.0. The van der Waals surface area contributed by atoms with Crippen molar-refractivity contribution in [2.75, 3.05) is 49.1 Å². The largest absolute Gasteiger partial charge is 0.444 e. The molecule has 1 aromatic rings. The van der Waals surface area contributed by atoms with Crippen LogP contribution in [-0.4, -0.2) is 61.8 Å². The summed E-state index contributed by atoms with van der Waals surface area (Å²) in [7, 11) is 0. The molecule has 0 aliphatic carbocycles. The van der Waals surface area contributed by atoms with Crippen molar-refractivity contribution in [3.05, 3.63) is 24.3 Å². The summed E-state index contributed by atoms with van der Waals surface area (Å²) < 4.78 is 5.47. The highest BCUT2D eigenvalue weighted by molar-refractivity contribution is 5.99. The minimum absolute atomic E-state index is 0.130. The molecule has 1 aromatic carbocycles. The van der Waals surface area contributed by atoms with Gasteiger partial charge in [-0.05, 0) is 45.4 Å². The van der Waals surface area contributed by atoms with Crippen LogP contribution in [0.2, 0.25) is 0 Å². The molecule has 0 aromatic heterocycles. The molecule has 27 heavy (non-hydrogen) atoms. The summed E-state index contributed by atoms with van der Waals surface area (Å²) in [6.07, 6.45) is 0.244. The summed E-state index contributed by atoms with van der Waals surface area (Å²) in [5.41, 5.74) is 7.25. The first-order valence-corrected chi connectivity index (χ1v) is 9.61. The topological polar surface area (TPSA) is 79.1 Å². The average molecular weight is 374 g/mol. The number of rotatable bonds is 3. The standard InChI is InChI=1S/C20H30N4O3/c1-20(2,3)27-19(26)23-10-8-22(9-11-23)16-6-4-5-7-17(16)24-14-15(13-21)12-18(24)25/h4-7,15H,8-14,21H2,1-3H3. The molecular weight excluding hydrogens is 344 g/mol. The van der Waals surface area contributed by atoms with Crippen molar-refractivity contribution in [1.29, 1.82) is 0 Å². The maximum atomic E-state index is 12.4. The summed E-state index contributed by atoms with van der Waals surface area (Å²) >= 11 is 0. The first-order valence-electron chi connectivity index (χ1n) is 9.61. The van der Waals surface area contributed by atoms with E-state index in [1.54, 1.807) is 4.90 Å². The van der Waals surface area contributed by atoms with Crippen LogP contribution in [-0.2, 0) is 9.53 Å². The van der Waals surface area contributed by atoms with Crippen molar-refractivity contribution >= 4 is 23.4 Å². The molecule has 2 amide bonds. The van der Waals surface area contributed by atoms with Gasteiger partial charge in [0.2, 0.25) is 5.91 Å². The highest BCUT2D eigenvalue weighted by Crippen LogP contribution is 2.34. The molecule has 0 bridgehead atoms. The Balaban J connectivity index is 1.69. The van der Waals surface area contributed by atoms with Crippen molar-refractivity contribution < 1.29 is 14.3 Å². The van der Waals surface area contributed by atoms with Gasteiger partial charge in [-0.15, -0.1) is 0 Å². The highest BCUT2D eigenvalue weighted by Gasteiger charge is 2.32. The van der Waals surface area contributed by atoms with E-state index >= 15 is 0 Å². The van der Waals surface area contributed by atoms with Gasteiger partial charge in [-0.1, -0.05) is 12.1 Å². The molecule has 2 aliphatic rings. The van der Waals surface area contributed by atoms with Crippen molar-refractivity contribution in [3.63, 3.8) is 0 Å². The van der Waals surface area contributed by atoms with Gasteiger partial charge in [-0.2, -0.15) is 0 Å². The number of piperazine rings is 1. The summed E-state index contributed by atoms with van der Waals surface area (Å²) in [5, 5.41) is 0. The molecule has 2 heterocycles. The number of hydrogen-bond acceptors (Lipinski definition) is 5. The van der Waals surface area contributed by atoms with Crippen LogP contribution in [0.4, 0.5) is 16.2 Å². The second kappa shape index (κ2) is 7.76. The minimum Gasteiger partial charge on any atom is -0.444 e. The van der Waals surface area contributed by atoms with E-state index in [0.717, 1.165) is 11.4 Å². The van der Waals surface area contributed by atoms with E-state index in [0.29, 0.717) is 45.7 Å². The maximum absolute atomic E-state index is 12.4. The van der Waals surface area contributed by atoms with E-state index in [4.69, 9.17) is 10.5 Å². The van der Waals surface area contributed by atoms with Crippen LogP contribution in [0.3, 0.4) is 0 Å². The molecule has 2 N–H and O–H groups in total. The lowest BCUT2D eigenvalue weighted by atomic mass is 10.1. The molecule has 1 unspecified atom stereocenters. The van der Waals surface area contributed by atoms with Crippen molar-refractivity contribution in [3.8, 4) is 0 Å². The lowest BCUT2D eigenvalue weighted by Gasteiger charge is -2.38. The Morgan fingerprint density at radius 3 is 2.33 bits per heavy atom. The second-order valence-electron chi connectivity index (χ2n) is 8.25. The zero-order valence-corrected chi connectivity index (χ0v) is 16.5. The van der Waals surface area contributed by atoms with E-state index in [1.807, 2.05) is 49.9 Å². The van der Waals surface area contributed by atoms with E-state index < -0.39 is 5.60 Å². The van der Waals surface area contributed by atoms with E-state index in [1.165, 1.54) is 0 Å². The lowest BCUT2D eigenvalue weighted by Crippen LogP contribution is -2.50. The first-order chi connectivity index (χ1) is 12.8. The molecule has 3 rings (SSSR count). The lowest BCUT2D eigenvalue weighted by molar-refractivity contribution is -0.117. The van der Waals surface area contributed by atoms with Gasteiger partial charge in [0.15, 0.2) is 0 Å². The summed E-state index contributed by atoms with van der Waals surface area (Å²) in [5.74, 6) is 0.347. The number of amides is 2. The van der Waals surface area contributed by atoms with Crippen LogP contribution >= 0.6 is 0 Å². The number of benzene rings is 1. The molecule has 1 atom stereocenters. The number of anilines is 2. The zero-order chi connectivity index (χ0) is 19.6. The van der Waals surface area contributed by atoms with Gasteiger partial charge in [0.1, 0.15) is 5.60 Å². The number of hydrogen-bond donors (Lipinski definition) is 1. The molecule has 7 heteroatoms. The predicted octanol–water partition coefficient (Wildman–Crippen LogP) is 2.06. The van der Waals surface area contributed by atoms with Gasteiger partial charge in [0, 0.05) is 39.1 Å². The van der Waals surface area contributed by atoms with Crippen LogP contribution in [0.25, 0.3) is 0 Å². The second-order valence-corrected chi connectivity index (χ2v) is 8.25. The van der Waals surface area contributed by atoms with Crippen molar-refractivity contribution in [2.45, 2.75) is 32.8 Å². The Morgan fingerprint density at radius 1 is 1.15 bits per heavy atom. The van der Waals surface area contributed by atoms with Crippen LogP contribution in [0.15, 0.2) is 24.3 Å². The van der Waals surface area contributed by atoms with Crippen LogP contribution in [0, 0.1) is 5.92 Å². The molecule has 0 radical (unpaired) electrons. The average Bonchev–Trinajstić information content (AvgIpc) is 3.01. The first kappa shape index (κ1) is 19.5. The zero-order valence-electron chi connectivity index (χ0n) is 16.5. The number of nitrogens with two attached hydrogens (primary N) is 1. The third kappa shape index (κ3) is 4.53. The van der Waals surface area contributed by atoms with Gasteiger partial charge in [0.05, 0.1) is 11.4 Å². The Kier molecular flexibility index (Phi) is 5.60. The number of carbonyl (C=O) groups is 2. The SMILES string of the molecule is CC(C)(C)OC(=O)N1CCN(c2ccccc2N2CC(CN)CC2=O)CC1. The fourth-order valence-corrected chi connectivity index (χ4v) is 3.59. The Hall–Kier alpha value is -2.28. The molecule has 2 aliphatic heterocycles. The van der Waals surface area contributed by atoms with Crippen LogP contribution in [0.1, 0.15) is 27.2 Å². The minimum atomic E-state index is -0.490. The third-order valence-electron chi connectivity index (χ3n) is 4.98. The van der Waals surface area contributed by atoms with Crippen molar-refractivity contribution in [1.82, 2.24) is 4.90 Å². The quantitative estimate of drug-likeness (QED) is 0.876. The molecule has 0 spiro atoms. The number of para-hydroxylation sites is 2. The Bertz CT molecular complexity index is 693. The fourth-order valence-electron chi connectivity index (χ4n) is 3.59. The van der Waals surface area contributed by atoms with Gasteiger partial charge in [-0.25, -0.2) is 4.79 Å². The maximum Gasteiger partial charge on any atom is 0.410 e. The summed E-state index contributed by atoms with van der Waals surface area (Å²) in [4.78, 5) is 30.5. The number of ether oxygens (including phenoxy) is 1. The number of carbonyl (C=O) groups excluding carboxylic acids is 2. The smallest absolute Gasteiger partial charge is 0.410 e. The fraction of sp³-hybridized carbons (Fsp3) is 0.600. The Labute approximate surface area is 161 Å². The van der Waals surface area contributed by atoms with E-state index in [2.05, 4.69) is 4.90 Å². The van der Waals surface area contributed by atoms with Gasteiger partial charge in [-0.3, -0.25) is 4.79 Å². The Morgan fingerprint density at radius 2 is 1.78 bits per heavy atom. The predicted molar refractivity (Wildman–Crippen MR) is 106 cm³/mol.